The lowest BCUT2D eigenvalue weighted by Crippen LogP contribution is -2.13. The quantitative estimate of drug-likeness (QED) is 0.783. The minimum absolute atomic E-state index is 0.721. The molecule has 76 valence electrons. The summed E-state index contributed by atoms with van der Waals surface area (Å²) in [6, 6.07) is 10.3. The van der Waals surface area contributed by atoms with Crippen LogP contribution in [0.3, 0.4) is 0 Å². The van der Waals surface area contributed by atoms with Crippen molar-refractivity contribution in [3.8, 4) is 0 Å². The van der Waals surface area contributed by atoms with Gasteiger partial charge in [-0.3, -0.25) is 0 Å². The lowest BCUT2D eigenvalue weighted by atomic mass is 10.1. The number of hydrogen-bond donors (Lipinski definition) is 1. The van der Waals surface area contributed by atoms with Gasteiger partial charge in [0.05, 0.1) is 13.2 Å². The molecule has 0 radical (unpaired) electrons. The van der Waals surface area contributed by atoms with E-state index in [-0.39, 0.29) is 0 Å². The Morgan fingerprint density at radius 1 is 1.29 bits per heavy atom. The predicted octanol–water partition coefficient (Wildman–Crippen LogP) is 1.81. The minimum atomic E-state index is 0.721. The van der Waals surface area contributed by atoms with Crippen molar-refractivity contribution in [2.45, 2.75) is 13.0 Å². The van der Waals surface area contributed by atoms with E-state index >= 15 is 0 Å². The van der Waals surface area contributed by atoms with E-state index in [2.05, 4.69) is 29.6 Å². The number of rotatable bonds is 4. The molecule has 0 saturated carbocycles. The lowest BCUT2D eigenvalue weighted by molar-refractivity contribution is 0.0925. The van der Waals surface area contributed by atoms with Crippen LogP contribution in [0.5, 0.6) is 0 Å². The van der Waals surface area contributed by atoms with E-state index in [0.29, 0.717) is 0 Å². The largest absolute Gasteiger partial charge is 0.376 e. The molecule has 1 saturated heterocycles. The van der Waals surface area contributed by atoms with Crippen LogP contribution in [0.1, 0.15) is 12.0 Å². The first-order valence-electron chi connectivity index (χ1n) is 5.27. The first kappa shape index (κ1) is 9.69. The molecule has 14 heavy (non-hydrogen) atoms. The fraction of sp³-hybridized carbons (Fsp3) is 0.500. The van der Waals surface area contributed by atoms with Crippen LogP contribution >= 0.6 is 0 Å². The number of hydrogen-bond acceptors (Lipinski definition) is 2. The Kier molecular flexibility index (Phi) is 3.55. The Bertz CT molecular complexity index is 254. The van der Waals surface area contributed by atoms with Crippen LogP contribution in [0.4, 0.5) is 0 Å². The summed E-state index contributed by atoms with van der Waals surface area (Å²) in [5, 5.41) is 3.34. The molecule has 1 aliphatic rings. The van der Waals surface area contributed by atoms with Gasteiger partial charge < -0.3 is 10.1 Å². The standard InChI is InChI=1S/C12H17NO/c1-2-4-11(5-3-1)9-14-10-12-6-7-13-8-12/h1-5,12-13H,6-10H2/t12-/m0/s1. The van der Waals surface area contributed by atoms with E-state index in [1.165, 1.54) is 12.0 Å². The highest BCUT2D eigenvalue weighted by Crippen LogP contribution is 2.09. The minimum Gasteiger partial charge on any atom is -0.376 e. The maximum atomic E-state index is 5.66. The van der Waals surface area contributed by atoms with Crippen LogP contribution in [0, 0.1) is 5.92 Å². The highest BCUT2D eigenvalue weighted by atomic mass is 16.5. The molecule has 1 fully saturated rings. The third-order valence-corrected chi connectivity index (χ3v) is 2.63. The smallest absolute Gasteiger partial charge is 0.0717 e. The van der Waals surface area contributed by atoms with Crippen LogP contribution in [-0.4, -0.2) is 19.7 Å². The topological polar surface area (TPSA) is 21.3 Å². The van der Waals surface area contributed by atoms with Gasteiger partial charge in [-0.05, 0) is 24.4 Å². The molecule has 0 amide bonds. The Labute approximate surface area is 85.3 Å². The molecule has 0 spiro atoms. The Morgan fingerprint density at radius 3 is 2.86 bits per heavy atom. The average Bonchev–Trinajstić information content (AvgIpc) is 2.72. The summed E-state index contributed by atoms with van der Waals surface area (Å²) in [5.41, 5.74) is 1.26. The maximum absolute atomic E-state index is 5.66. The molecule has 0 aromatic heterocycles. The number of ether oxygens (including phenoxy) is 1. The molecule has 1 aromatic rings. The third-order valence-electron chi connectivity index (χ3n) is 2.63. The second-order valence-corrected chi connectivity index (χ2v) is 3.86. The monoisotopic (exact) mass is 191 g/mol. The molecule has 1 atom stereocenters. The van der Waals surface area contributed by atoms with Gasteiger partial charge in [-0.1, -0.05) is 30.3 Å². The molecule has 2 rings (SSSR count). The summed E-state index contributed by atoms with van der Waals surface area (Å²) >= 11 is 0. The molecule has 0 bridgehead atoms. The van der Waals surface area contributed by atoms with E-state index in [1.54, 1.807) is 0 Å². The highest BCUT2D eigenvalue weighted by molar-refractivity contribution is 5.13. The third kappa shape index (κ3) is 2.82. The van der Waals surface area contributed by atoms with Crippen molar-refractivity contribution in [1.29, 1.82) is 0 Å². The Balaban J connectivity index is 1.67. The molecule has 1 N–H and O–H groups in total. The van der Waals surface area contributed by atoms with Crippen LogP contribution in [-0.2, 0) is 11.3 Å². The maximum Gasteiger partial charge on any atom is 0.0717 e. The van der Waals surface area contributed by atoms with Crippen molar-refractivity contribution in [1.82, 2.24) is 5.32 Å². The van der Waals surface area contributed by atoms with Gasteiger partial charge >= 0.3 is 0 Å². The van der Waals surface area contributed by atoms with Gasteiger partial charge in [-0.15, -0.1) is 0 Å². The summed E-state index contributed by atoms with van der Waals surface area (Å²) < 4.78 is 5.66. The summed E-state index contributed by atoms with van der Waals surface area (Å²) in [6.07, 6.45) is 1.26. The van der Waals surface area contributed by atoms with Crippen molar-refractivity contribution in [2.75, 3.05) is 19.7 Å². The summed E-state index contributed by atoms with van der Waals surface area (Å²) in [7, 11) is 0. The van der Waals surface area contributed by atoms with E-state index in [9.17, 15) is 0 Å². The first-order valence-corrected chi connectivity index (χ1v) is 5.27. The van der Waals surface area contributed by atoms with E-state index in [4.69, 9.17) is 4.74 Å². The highest BCUT2D eigenvalue weighted by Gasteiger charge is 2.13. The van der Waals surface area contributed by atoms with Crippen molar-refractivity contribution >= 4 is 0 Å². The van der Waals surface area contributed by atoms with Gasteiger partial charge in [0.2, 0.25) is 0 Å². The molecular weight excluding hydrogens is 174 g/mol. The molecule has 2 nitrogen and oxygen atoms in total. The summed E-state index contributed by atoms with van der Waals surface area (Å²) in [4.78, 5) is 0. The molecule has 2 heteroatoms. The van der Waals surface area contributed by atoms with Crippen LogP contribution in [0.2, 0.25) is 0 Å². The van der Waals surface area contributed by atoms with E-state index < -0.39 is 0 Å². The Hall–Kier alpha value is -0.860. The molecule has 1 heterocycles. The van der Waals surface area contributed by atoms with Crippen molar-refractivity contribution < 1.29 is 4.74 Å². The molecule has 0 aliphatic carbocycles. The fourth-order valence-corrected chi connectivity index (χ4v) is 1.77. The van der Waals surface area contributed by atoms with Crippen LogP contribution in [0.15, 0.2) is 30.3 Å². The van der Waals surface area contributed by atoms with Gasteiger partial charge in [-0.25, -0.2) is 0 Å². The van der Waals surface area contributed by atoms with Crippen molar-refractivity contribution in [2.24, 2.45) is 5.92 Å². The van der Waals surface area contributed by atoms with Gasteiger partial charge in [0.1, 0.15) is 0 Å². The number of nitrogens with one attached hydrogen (secondary N) is 1. The van der Waals surface area contributed by atoms with Gasteiger partial charge in [-0.2, -0.15) is 0 Å². The zero-order valence-electron chi connectivity index (χ0n) is 8.41. The zero-order chi connectivity index (χ0) is 9.64. The first-order chi connectivity index (χ1) is 6.95. The molecular formula is C12H17NO. The van der Waals surface area contributed by atoms with Crippen LogP contribution < -0.4 is 5.32 Å². The van der Waals surface area contributed by atoms with E-state index in [0.717, 1.165) is 32.2 Å². The SMILES string of the molecule is c1ccc(COC[C@H]2CCNC2)cc1. The number of benzene rings is 1. The second-order valence-electron chi connectivity index (χ2n) is 3.86. The Morgan fingerprint density at radius 2 is 2.14 bits per heavy atom. The zero-order valence-corrected chi connectivity index (χ0v) is 8.41. The molecule has 1 aliphatic heterocycles. The van der Waals surface area contributed by atoms with E-state index in [1.807, 2.05) is 6.07 Å². The normalized spacial score (nSPS) is 21.3. The lowest BCUT2D eigenvalue weighted by Gasteiger charge is -2.08. The fourth-order valence-electron chi connectivity index (χ4n) is 1.77. The predicted molar refractivity (Wildman–Crippen MR) is 57.1 cm³/mol. The van der Waals surface area contributed by atoms with Crippen molar-refractivity contribution in [3.05, 3.63) is 35.9 Å². The van der Waals surface area contributed by atoms with Gasteiger partial charge in [0.15, 0.2) is 0 Å². The van der Waals surface area contributed by atoms with Crippen molar-refractivity contribution in [3.63, 3.8) is 0 Å². The van der Waals surface area contributed by atoms with Crippen LogP contribution in [0.25, 0.3) is 0 Å². The molecule has 0 unspecified atom stereocenters. The van der Waals surface area contributed by atoms with Gasteiger partial charge in [0, 0.05) is 6.54 Å². The van der Waals surface area contributed by atoms with Gasteiger partial charge in [0.25, 0.3) is 0 Å². The average molecular weight is 191 g/mol. The summed E-state index contributed by atoms with van der Waals surface area (Å²) in [5.74, 6) is 0.721. The summed E-state index contributed by atoms with van der Waals surface area (Å²) in [6.45, 7) is 3.91. The second kappa shape index (κ2) is 5.13. The molecule has 1 aromatic carbocycles.